The molecular formula is C8H12AsNO. The summed E-state index contributed by atoms with van der Waals surface area (Å²) in [6, 6.07) is 1.99. The van der Waals surface area contributed by atoms with Crippen molar-refractivity contribution in [1.29, 1.82) is 0 Å². The first kappa shape index (κ1) is 8.60. The summed E-state index contributed by atoms with van der Waals surface area (Å²) < 4.78 is 0. The molecule has 3 heteroatoms. The van der Waals surface area contributed by atoms with E-state index >= 15 is 0 Å². The van der Waals surface area contributed by atoms with Crippen LogP contribution in [-0.4, -0.2) is 26.9 Å². The van der Waals surface area contributed by atoms with Crippen molar-refractivity contribution in [3.05, 3.63) is 22.9 Å². The normalized spacial score (nSPS) is 10.1. The van der Waals surface area contributed by atoms with Crippen molar-refractivity contribution in [2.75, 3.05) is 0 Å². The second-order valence-corrected chi connectivity index (χ2v) is 3.44. The molecule has 60 valence electrons. The molecule has 0 spiro atoms. The van der Waals surface area contributed by atoms with E-state index in [4.69, 9.17) is 0 Å². The quantitative estimate of drug-likeness (QED) is 0.690. The number of aryl methyl sites for hydroxylation is 2. The van der Waals surface area contributed by atoms with E-state index in [0.717, 1.165) is 22.0 Å². The van der Waals surface area contributed by atoms with Crippen LogP contribution >= 0.6 is 0 Å². The molecule has 11 heavy (non-hydrogen) atoms. The molecule has 0 amide bonds. The van der Waals surface area contributed by atoms with Gasteiger partial charge in [-0.15, -0.1) is 0 Å². The van der Waals surface area contributed by atoms with Crippen LogP contribution in [0.5, 0.6) is 5.88 Å². The molecule has 0 saturated heterocycles. The molecule has 1 unspecified atom stereocenters. The summed E-state index contributed by atoms with van der Waals surface area (Å²) in [5.41, 5.74) is 3.00. The molecule has 0 aliphatic rings. The summed E-state index contributed by atoms with van der Waals surface area (Å²) in [6.07, 6.45) is 0. The molecule has 0 bridgehead atoms. The van der Waals surface area contributed by atoms with Crippen molar-refractivity contribution >= 4 is 16.9 Å². The van der Waals surface area contributed by atoms with E-state index < -0.39 is 0 Å². The average Bonchev–Trinajstić information content (AvgIpc) is 1.85. The monoisotopic (exact) mass is 213 g/mol. The second kappa shape index (κ2) is 3.27. The Bertz CT molecular complexity index is 250. The molecule has 1 aromatic heterocycles. The number of pyridine rings is 1. The number of aromatic nitrogens is 1. The van der Waals surface area contributed by atoms with Gasteiger partial charge in [-0.1, -0.05) is 0 Å². The topological polar surface area (TPSA) is 33.1 Å². The fourth-order valence-electron chi connectivity index (χ4n) is 1.10. The predicted octanol–water partition coefficient (Wildman–Crippen LogP) is 0.537. The summed E-state index contributed by atoms with van der Waals surface area (Å²) in [5.74, 6) is 0.201. The average molecular weight is 213 g/mol. The van der Waals surface area contributed by atoms with Crippen LogP contribution in [0.15, 0.2) is 6.07 Å². The molecule has 0 aliphatic heterocycles. The van der Waals surface area contributed by atoms with Crippen molar-refractivity contribution < 1.29 is 5.11 Å². The van der Waals surface area contributed by atoms with Crippen LogP contribution in [0, 0.1) is 13.8 Å². The van der Waals surface area contributed by atoms with E-state index in [9.17, 15) is 5.11 Å². The molecule has 1 atom stereocenters. The first-order valence-electron chi connectivity index (χ1n) is 3.51. The van der Waals surface area contributed by atoms with Crippen LogP contribution in [0.25, 0.3) is 0 Å². The van der Waals surface area contributed by atoms with Gasteiger partial charge in [-0.05, 0) is 0 Å². The van der Waals surface area contributed by atoms with Crippen LogP contribution in [0.3, 0.4) is 0 Å². The third-order valence-corrected chi connectivity index (χ3v) is 2.51. The van der Waals surface area contributed by atoms with Gasteiger partial charge in [-0.25, -0.2) is 0 Å². The zero-order valence-corrected chi connectivity index (χ0v) is 9.18. The van der Waals surface area contributed by atoms with E-state index in [1.165, 1.54) is 0 Å². The Balaban J connectivity index is 3.25. The van der Waals surface area contributed by atoms with Gasteiger partial charge in [0.25, 0.3) is 0 Å². The summed E-state index contributed by atoms with van der Waals surface area (Å²) in [4.78, 5) is 3.97. The van der Waals surface area contributed by atoms with Gasteiger partial charge in [0.1, 0.15) is 0 Å². The van der Waals surface area contributed by atoms with Crippen LogP contribution in [-0.2, 0) is 5.21 Å². The van der Waals surface area contributed by atoms with Crippen LogP contribution < -0.4 is 0 Å². The van der Waals surface area contributed by atoms with Crippen molar-refractivity contribution in [3.63, 3.8) is 0 Å². The van der Waals surface area contributed by atoms with Crippen molar-refractivity contribution in [3.8, 4) is 5.88 Å². The molecule has 0 saturated carbocycles. The zero-order valence-electron chi connectivity index (χ0n) is 6.76. The van der Waals surface area contributed by atoms with Crippen LogP contribution in [0.1, 0.15) is 16.8 Å². The predicted molar refractivity (Wildman–Crippen MR) is 47.6 cm³/mol. The minimum atomic E-state index is 0.201. The van der Waals surface area contributed by atoms with E-state index in [0.29, 0.717) is 0 Å². The number of rotatable bonds is 1. The zero-order chi connectivity index (χ0) is 8.43. The molecule has 0 aliphatic carbocycles. The fraction of sp³-hybridized carbons (Fsp3) is 0.375. The fourth-order valence-corrected chi connectivity index (χ4v) is 2.15. The van der Waals surface area contributed by atoms with Gasteiger partial charge in [-0.2, -0.15) is 0 Å². The van der Waals surface area contributed by atoms with Crippen molar-refractivity contribution in [1.82, 2.24) is 4.98 Å². The standard InChI is InChI=1S/C8H12AsNO/c1-5-3-6(2)10-8(11)7(5)4-9/h3H,4,9H2,1-2H3,(H,10,11). The molecular weight excluding hydrogens is 201 g/mol. The second-order valence-electron chi connectivity index (χ2n) is 2.59. The summed E-state index contributed by atoms with van der Waals surface area (Å²) in [7, 11) is 0. The molecule has 0 fully saturated rings. The first-order chi connectivity index (χ1) is 5.15. The third kappa shape index (κ3) is 1.75. The minimum absolute atomic E-state index is 0.201. The Morgan fingerprint density at radius 1 is 1.55 bits per heavy atom. The van der Waals surface area contributed by atoms with Crippen molar-refractivity contribution in [2.45, 2.75) is 19.1 Å². The van der Waals surface area contributed by atoms with Gasteiger partial charge in [0.2, 0.25) is 0 Å². The maximum absolute atomic E-state index is 9.37. The number of hydrogen-bond donors (Lipinski definition) is 1. The SMILES string of the molecule is Cc1cc(C)c(C[AsH2])c(O)n1. The van der Waals surface area contributed by atoms with E-state index in [1.807, 2.05) is 19.9 Å². The van der Waals surface area contributed by atoms with Gasteiger partial charge in [0, 0.05) is 0 Å². The molecule has 1 rings (SSSR count). The molecule has 0 radical (unpaired) electrons. The summed E-state index contributed by atoms with van der Waals surface area (Å²) in [5, 5.41) is 10.3. The van der Waals surface area contributed by atoms with Crippen LogP contribution in [0.2, 0.25) is 0 Å². The number of aromatic hydroxyl groups is 1. The van der Waals surface area contributed by atoms with Gasteiger partial charge in [0.05, 0.1) is 0 Å². The first-order valence-corrected chi connectivity index (χ1v) is 5.22. The van der Waals surface area contributed by atoms with E-state index in [-0.39, 0.29) is 5.88 Å². The van der Waals surface area contributed by atoms with Gasteiger partial charge in [0.15, 0.2) is 0 Å². The van der Waals surface area contributed by atoms with E-state index in [2.05, 4.69) is 4.98 Å². The molecule has 1 heterocycles. The number of hydrogen-bond acceptors (Lipinski definition) is 2. The molecule has 1 aromatic rings. The Kier molecular flexibility index (Phi) is 2.56. The number of nitrogens with zero attached hydrogens (tertiary/aromatic N) is 1. The third-order valence-electron chi connectivity index (χ3n) is 1.66. The molecule has 2 nitrogen and oxygen atoms in total. The molecule has 0 aromatic carbocycles. The Labute approximate surface area is 75.2 Å². The summed E-state index contributed by atoms with van der Waals surface area (Å²) in [6.45, 7) is 3.89. The van der Waals surface area contributed by atoms with Crippen LogP contribution in [0.4, 0.5) is 0 Å². The van der Waals surface area contributed by atoms with Crippen molar-refractivity contribution in [2.24, 2.45) is 0 Å². The van der Waals surface area contributed by atoms with Gasteiger partial charge in [-0.3, -0.25) is 0 Å². The Hall–Kier alpha value is -0.492. The van der Waals surface area contributed by atoms with E-state index in [1.54, 1.807) is 16.9 Å². The maximum atomic E-state index is 9.37. The Morgan fingerprint density at radius 2 is 2.18 bits per heavy atom. The molecule has 1 N–H and O–H groups in total. The Morgan fingerprint density at radius 3 is 2.64 bits per heavy atom. The summed E-state index contributed by atoms with van der Waals surface area (Å²) >= 11 is 1.59. The van der Waals surface area contributed by atoms with Gasteiger partial charge < -0.3 is 0 Å². The van der Waals surface area contributed by atoms with Gasteiger partial charge >= 0.3 is 74.8 Å².